The molecule has 1 nitrogen and oxygen atoms in total. The lowest BCUT2D eigenvalue weighted by Gasteiger charge is -2.25. The molecule has 0 amide bonds. The lowest BCUT2D eigenvalue weighted by molar-refractivity contribution is 1.29. The topological polar surface area (TPSA) is 3.24 Å². The summed E-state index contributed by atoms with van der Waals surface area (Å²) in [5, 5.41) is 1.04. The molecule has 0 saturated carbocycles. The van der Waals surface area contributed by atoms with E-state index >= 15 is 0 Å². The second-order valence-electron chi connectivity index (χ2n) is 4.90. The standard InChI is InChI=1S/C18H15Cl2NSi/c19-22(20)18-13-11-17(12-14-18)21(15-7-3-1-4-8-15)16-9-5-2-6-10-16/h1-14,22H. The van der Waals surface area contributed by atoms with E-state index in [0.29, 0.717) is 0 Å². The first-order valence-electron chi connectivity index (χ1n) is 7.04. The molecule has 0 unspecified atom stereocenters. The molecule has 0 heterocycles. The van der Waals surface area contributed by atoms with E-state index < -0.39 is 7.42 Å². The fraction of sp³-hybridized carbons (Fsp3) is 0. The number of anilines is 3. The van der Waals surface area contributed by atoms with Gasteiger partial charge in [0.15, 0.2) is 0 Å². The van der Waals surface area contributed by atoms with E-state index in [1.807, 2.05) is 48.5 Å². The van der Waals surface area contributed by atoms with Crippen LogP contribution in [0.2, 0.25) is 0 Å². The van der Waals surface area contributed by atoms with Gasteiger partial charge in [-0.1, -0.05) is 48.5 Å². The van der Waals surface area contributed by atoms with Gasteiger partial charge in [0.25, 0.3) is 7.42 Å². The van der Waals surface area contributed by atoms with Crippen molar-refractivity contribution in [1.82, 2.24) is 0 Å². The Morgan fingerprint density at radius 2 is 0.955 bits per heavy atom. The molecule has 0 atom stereocenters. The summed E-state index contributed by atoms with van der Waals surface area (Å²) < 4.78 is 0. The molecule has 0 fully saturated rings. The van der Waals surface area contributed by atoms with E-state index in [1.54, 1.807) is 0 Å². The van der Waals surface area contributed by atoms with Crippen molar-refractivity contribution in [1.29, 1.82) is 0 Å². The fourth-order valence-electron chi connectivity index (χ4n) is 2.37. The van der Waals surface area contributed by atoms with Crippen molar-refractivity contribution in [2.75, 3.05) is 4.90 Å². The third-order valence-electron chi connectivity index (χ3n) is 3.43. The summed E-state index contributed by atoms with van der Waals surface area (Å²) in [5.74, 6) is 0. The minimum Gasteiger partial charge on any atom is -0.311 e. The molecule has 0 bridgehead atoms. The van der Waals surface area contributed by atoms with Crippen LogP contribution in [-0.2, 0) is 0 Å². The van der Waals surface area contributed by atoms with Gasteiger partial charge in [0, 0.05) is 17.1 Å². The van der Waals surface area contributed by atoms with Gasteiger partial charge in [-0.05, 0) is 41.6 Å². The van der Waals surface area contributed by atoms with Gasteiger partial charge in [0.05, 0.1) is 0 Å². The molecule has 0 radical (unpaired) electrons. The molecule has 3 aromatic carbocycles. The minimum atomic E-state index is -1.80. The molecule has 0 spiro atoms. The molecule has 0 aliphatic heterocycles. The molecule has 4 heteroatoms. The monoisotopic (exact) mass is 343 g/mol. The summed E-state index contributed by atoms with van der Waals surface area (Å²) in [6.45, 7) is 0. The van der Waals surface area contributed by atoms with Crippen LogP contribution in [-0.4, -0.2) is 7.42 Å². The number of benzene rings is 3. The van der Waals surface area contributed by atoms with Crippen molar-refractivity contribution in [3.05, 3.63) is 84.9 Å². The summed E-state index contributed by atoms with van der Waals surface area (Å²) in [6.07, 6.45) is 0. The molecular weight excluding hydrogens is 329 g/mol. The van der Waals surface area contributed by atoms with Gasteiger partial charge < -0.3 is 4.90 Å². The lowest BCUT2D eigenvalue weighted by atomic mass is 10.2. The first-order chi connectivity index (χ1) is 10.8. The van der Waals surface area contributed by atoms with Crippen LogP contribution in [0, 0.1) is 0 Å². The number of hydrogen-bond donors (Lipinski definition) is 0. The maximum Gasteiger partial charge on any atom is 0.266 e. The predicted molar refractivity (Wildman–Crippen MR) is 99.6 cm³/mol. The highest BCUT2D eigenvalue weighted by Crippen LogP contribution is 2.33. The molecule has 22 heavy (non-hydrogen) atoms. The van der Waals surface area contributed by atoms with Crippen LogP contribution in [0.3, 0.4) is 0 Å². The Morgan fingerprint density at radius 3 is 1.36 bits per heavy atom. The summed E-state index contributed by atoms with van der Waals surface area (Å²) in [7, 11) is -1.80. The van der Waals surface area contributed by atoms with Gasteiger partial charge in [-0.25, -0.2) is 0 Å². The molecule has 0 N–H and O–H groups in total. The van der Waals surface area contributed by atoms with Gasteiger partial charge in [0.2, 0.25) is 0 Å². The summed E-state index contributed by atoms with van der Waals surface area (Å²) in [4.78, 5) is 2.21. The summed E-state index contributed by atoms with van der Waals surface area (Å²) in [6, 6.07) is 28.8. The number of hydrogen-bond acceptors (Lipinski definition) is 1. The van der Waals surface area contributed by atoms with Gasteiger partial charge >= 0.3 is 0 Å². The Kier molecular flexibility index (Phi) is 4.83. The fourth-order valence-corrected chi connectivity index (χ4v) is 3.73. The Balaban J connectivity index is 2.06. The van der Waals surface area contributed by atoms with Crippen LogP contribution in [0.25, 0.3) is 0 Å². The van der Waals surface area contributed by atoms with Crippen molar-refractivity contribution in [2.45, 2.75) is 0 Å². The first-order valence-corrected chi connectivity index (χ1v) is 11.1. The van der Waals surface area contributed by atoms with Crippen molar-refractivity contribution in [3.8, 4) is 0 Å². The highest BCUT2D eigenvalue weighted by atomic mass is 35.7. The molecular formula is C18H15Cl2NSi. The van der Waals surface area contributed by atoms with Crippen LogP contribution in [0.15, 0.2) is 84.9 Å². The summed E-state index contributed by atoms with van der Waals surface area (Å²) in [5.41, 5.74) is 3.32. The molecule has 0 aliphatic rings. The average Bonchev–Trinajstić information content (AvgIpc) is 2.57. The first kappa shape index (κ1) is 15.2. The minimum absolute atomic E-state index is 1.04. The number of nitrogens with zero attached hydrogens (tertiary/aromatic N) is 1. The molecule has 110 valence electrons. The molecule has 0 aromatic heterocycles. The largest absolute Gasteiger partial charge is 0.311 e. The third kappa shape index (κ3) is 3.35. The number of rotatable bonds is 4. The molecule has 3 aromatic rings. The van der Waals surface area contributed by atoms with E-state index in [2.05, 4.69) is 41.3 Å². The third-order valence-corrected chi connectivity index (χ3v) is 5.83. The Morgan fingerprint density at radius 1 is 0.545 bits per heavy atom. The van der Waals surface area contributed by atoms with E-state index in [1.165, 1.54) is 0 Å². The zero-order valence-electron chi connectivity index (χ0n) is 11.9. The van der Waals surface area contributed by atoms with Gasteiger partial charge in [-0.2, -0.15) is 0 Å². The second-order valence-corrected chi connectivity index (χ2v) is 9.46. The second kappa shape index (κ2) is 7.01. The summed E-state index contributed by atoms with van der Waals surface area (Å²) >= 11 is 12.1. The zero-order chi connectivity index (χ0) is 15.4. The Bertz CT molecular complexity index is 676. The Labute approximate surface area is 141 Å². The van der Waals surface area contributed by atoms with Crippen molar-refractivity contribution in [2.24, 2.45) is 0 Å². The SMILES string of the molecule is Cl[SiH](Cl)c1ccc(N(c2ccccc2)c2ccccc2)cc1. The highest BCUT2D eigenvalue weighted by Gasteiger charge is 2.12. The van der Waals surface area contributed by atoms with Gasteiger partial charge in [-0.15, -0.1) is 22.2 Å². The molecule has 0 aliphatic carbocycles. The van der Waals surface area contributed by atoms with Crippen LogP contribution >= 0.6 is 22.2 Å². The number of para-hydroxylation sites is 2. The maximum absolute atomic E-state index is 6.06. The molecule has 3 rings (SSSR count). The number of halogens is 2. The maximum atomic E-state index is 6.06. The van der Waals surface area contributed by atoms with Crippen LogP contribution < -0.4 is 10.1 Å². The van der Waals surface area contributed by atoms with E-state index in [9.17, 15) is 0 Å². The quantitative estimate of drug-likeness (QED) is 0.472. The van der Waals surface area contributed by atoms with E-state index in [-0.39, 0.29) is 0 Å². The van der Waals surface area contributed by atoms with E-state index in [4.69, 9.17) is 22.2 Å². The van der Waals surface area contributed by atoms with Crippen molar-refractivity contribution >= 4 is 51.8 Å². The van der Waals surface area contributed by atoms with Crippen molar-refractivity contribution < 1.29 is 0 Å². The van der Waals surface area contributed by atoms with Gasteiger partial charge in [0.1, 0.15) is 0 Å². The average molecular weight is 344 g/mol. The van der Waals surface area contributed by atoms with E-state index in [0.717, 1.165) is 22.2 Å². The Hall–Kier alpha value is -1.74. The van der Waals surface area contributed by atoms with Crippen LogP contribution in [0.5, 0.6) is 0 Å². The smallest absolute Gasteiger partial charge is 0.266 e. The van der Waals surface area contributed by atoms with Crippen LogP contribution in [0.4, 0.5) is 17.1 Å². The normalized spacial score (nSPS) is 10.7. The highest BCUT2D eigenvalue weighted by molar-refractivity contribution is 7.39. The van der Waals surface area contributed by atoms with Gasteiger partial charge in [-0.3, -0.25) is 0 Å². The predicted octanol–water partition coefficient (Wildman–Crippen LogP) is 5.06. The van der Waals surface area contributed by atoms with Crippen LogP contribution in [0.1, 0.15) is 0 Å². The lowest BCUT2D eigenvalue weighted by Crippen LogP contribution is -2.18. The zero-order valence-corrected chi connectivity index (χ0v) is 14.5. The molecule has 0 saturated heterocycles. The van der Waals surface area contributed by atoms with Crippen molar-refractivity contribution in [3.63, 3.8) is 0 Å².